The van der Waals surface area contributed by atoms with E-state index >= 15 is 0 Å². The van der Waals surface area contributed by atoms with E-state index in [1.54, 1.807) is 4.90 Å². The molecule has 0 spiro atoms. The third kappa shape index (κ3) is 3.45. The van der Waals surface area contributed by atoms with Crippen molar-refractivity contribution in [3.05, 3.63) is 34.2 Å². The third-order valence-electron chi connectivity index (χ3n) is 3.20. The summed E-state index contributed by atoms with van der Waals surface area (Å²) in [6.07, 6.45) is 1.60. The fourth-order valence-electron chi connectivity index (χ4n) is 2.04. The molecule has 2 N–H and O–H groups in total. The Hall–Kier alpha value is -2.15. The second-order valence-electron chi connectivity index (χ2n) is 4.56. The molecule has 2 amide bonds. The third-order valence-corrected chi connectivity index (χ3v) is 3.20. The molecule has 0 saturated carbocycles. The number of aromatic nitrogens is 1. The molecule has 0 bridgehead atoms. The number of nitrogens with two attached hydrogens (primary N) is 1. The Kier molecular flexibility index (Phi) is 4.52. The molecule has 2 heterocycles. The number of hydrogen-bond donors (Lipinski definition) is 1. The Morgan fingerprint density at radius 2 is 1.95 bits per heavy atom. The van der Waals surface area contributed by atoms with Gasteiger partial charge in [-0.15, -0.1) is 0 Å². The highest BCUT2D eigenvalue weighted by Crippen LogP contribution is 2.02. The summed E-state index contributed by atoms with van der Waals surface area (Å²) in [5, 5.41) is 0. The minimum absolute atomic E-state index is 0.0234. The zero-order valence-electron chi connectivity index (χ0n) is 11.1. The highest BCUT2D eigenvalue weighted by Gasteiger charge is 2.16. The number of aryl methyl sites for hydroxylation is 1. The number of rotatable bonds is 4. The maximum atomic E-state index is 12.0. The number of primary amides is 1. The molecule has 1 aliphatic heterocycles. The van der Waals surface area contributed by atoms with Crippen molar-refractivity contribution in [3.8, 4) is 0 Å². The van der Waals surface area contributed by atoms with Gasteiger partial charge in [0.25, 0.3) is 5.56 Å². The van der Waals surface area contributed by atoms with Gasteiger partial charge < -0.3 is 19.9 Å². The summed E-state index contributed by atoms with van der Waals surface area (Å²) in [5.74, 6) is -0.622. The molecule has 7 heteroatoms. The number of ether oxygens (including phenoxy) is 1. The van der Waals surface area contributed by atoms with Crippen LogP contribution >= 0.6 is 0 Å². The first kappa shape index (κ1) is 14.3. The second kappa shape index (κ2) is 6.33. The quantitative estimate of drug-likeness (QED) is 0.780. The van der Waals surface area contributed by atoms with Gasteiger partial charge in [-0.1, -0.05) is 0 Å². The first-order chi connectivity index (χ1) is 9.58. The molecule has 2 rings (SSSR count). The van der Waals surface area contributed by atoms with E-state index in [-0.39, 0.29) is 30.0 Å². The van der Waals surface area contributed by atoms with Crippen LogP contribution in [0.1, 0.15) is 16.8 Å². The maximum absolute atomic E-state index is 12.0. The first-order valence-electron chi connectivity index (χ1n) is 6.44. The van der Waals surface area contributed by atoms with Crippen molar-refractivity contribution < 1.29 is 14.3 Å². The molecule has 1 saturated heterocycles. The van der Waals surface area contributed by atoms with Gasteiger partial charge in [-0.25, -0.2) is 0 Å². The average molecular weight is 279 g/mol. The normalized spacial score (nSPS) is 15.1. The van der Waals surface area contributed by atoms with Crippen LogP contribution in [0.15, 0.2) is 23.1 Å². The number of carbonyl (C=O) groups is 2. The van der Waals surface area contributed by atoms with Crippen LogP contribution in [0, 0.1) is 0 Å². The fraction of sp³-hybridized carbons (Fsp3) is 0.462. The van der Waals surface area contributed by atoms with Crippen molar-refractivity contribution in [1.82, 2.24) is 9.47 Å². The molecule has 7 nitrogen and oxygen atoms in total. The number of carbonyl (C=O) groups excluding carboxylic acids is 2. The smallest absolute Gasteiger partial charge is 0.250 e. The van der Waals surface area contributed by atoms with Crippen LogP contribution in [0.4, 0.5) is 0 Å². The molecule has 1 aliphatic rings. The molecule has 0 aliphatic carbocycles. The van der Waals surface area contributed by atoms with E-state index in [0.29, 0.717) is 26.3 Å². The Morgan fingerprint density at radius 3 is 2.60 bits per heavy atom. The monoisotopic (exact) mass is 279 g/mol. The fourth-order valence-corrected chi connectivity index (χ4v) is 2.04. The summed E-state index contributed by atoms with van der Waals surface area (Å²) in [4.78, 5) is 36.4. The molecule has 1 fully saturated rings. The molecule has 1 aromatic rings. The van der Waals surface area contributed by atoms with Crippen LogP contribution in [0.2, 0.25) is 0 Å². The van der Waals surface area contributed by atoms with Gasteiger partial charge in [0.2, 0.25) is 11.8 Å². The topological polar surface area (TPSA) is 94.6 Å². The van der Waals surface area contributed by atoms with Crippen LogP contribution in [-0.4, -0.2) is 47.6 Å². The minimum Gasteiger partial charge on any atom is -0.378 e. The van der Waals surface area contributed by atoms with Gasteiger partial charge in [-0.2, -0.15) is 0 Å². The summed E-state index contributed by atoms with van der Waals surface area (Å²) in [7, 11) is 0. The summed E-state index contributed by atoms with van der Waals surface area (Å²) < 4.78 is 6.51. The Balaban J connectivity index is 1.99. The van der Waals surface area contributed by atoms with Gasteiger partial charge in [-0.05, 0) is 6.07 Å². The van der Waals surface area contributed by atoms with Gasteiger partial charge >= 0.3 is 0 Å². The van der Waals surface area contributed by atoms with E-state index in [2.05, 4.69) is 0 Å². The number of pyridine rings is 1. The Morgan fingerprint density at radius 1 is 1.25 bits per heavy atom. The van der Waals surface area contributed by atoms with Gasteiger partial charge in [0.1, 0.15) is 0 Å². The van der Waals surface area contributed by atoms with Gasteiger partial charge in [-0.3, -0.25) is 14.4 Å². The van der Waals surface area contributed by atoms with Crippen LogP contribution in [0.25, 0.3) is 0 Å². The number of nitrogens with zero attached hydrogens (tertiary/aromatic N) is 2. The Bertz CT molecular complexity index is 561. The lowest BCUT2D eigenvalue weighted by Crippen LogP contribution is -2.41. The number of hydrogen-bond acceptors (Lipinski definition) is 4. The van der Waals surface area contributed by atoms with Gasteiger partial charge in [0.05, 0.1) is 18.8 Å². The molecule has 1 aromatic heterocycles. The molecule has 0 unspecified atom stereocenters. The lowest BCUT2D eigenvalue weighted by molar-refractivity contribution is -0.135. The van der Waals surface area contributed by atoms with Crippen molar-refractivity contribution >= 4 is 11.8 Å². The molecule has 0 radical (unpaired) electrons. The summed E-state index contributed by atoms with van der Waals surface area (Å²) in [6.45, 7) is 2.48. The molecular weight excluding hydrogens is 262 g/mol. The predicted molar refractivity (Wildman–Crippen MR) is 71.2 cm³/mol. The Labute approximate surface area is 115 Å². The maximum Gasteiger partial charge on any atom is 0.250 e. The highest BCUT2D eigenvalue weighted by molar-refractivity contribution is 5.92. The van der Waals surface area contributed by atoms with Crippen molar-refractivity contribution in [1.29, 1.82) is 0 Å². The van der Waals surface area contributed by atoms with Crippen LogP contribution in [-0.2, 0) is 16.1 Å². The lowest BCUT2D eigenvalue weighted by atomic mass is 10.2. The van der Waals surface area contributed by atoms with Gasteiger partial charge in [0.15, 0.2) is 0 Å². The summed E-state index contributed by atoms with van der Waals surface area (Å²) in [6, 6.07) is 2.66. The SMILES string of the molecule is NC(=O)c1ccc(=O)n(CCC(=O)N2CCOCC2)c1. The second-order valence-corrected chi connectivity index (χ2v) is 4.56. The molecule has 20 heavy (non-hydrogen) atoms. The molecule has 0 aromatic carbocycles. The first-order valence-corrected chi connectivity index (χ1v) is 6.44. The standard InChI is InChI=1S/C13H17N3O4/c14-13(19)10-1-2-11(17)16(9-10)4-3-12(18)15-5-7-20-8-6-15/h1-2,9H,3-8H2,(H2,14,19). The highest BCUT2D eigenvalue weighted by atomic mass is 16.5. The van der Waals surface area contributed by atoms with E-state index in [4.69, 9.17) is 10.5 Å². The zero-order valence-corrected chi connectivity index (χ0v) is 11.1. The van der Waals surface area contributed by atoms with E-state index in [1.807, 2.05) is 0 Å². The van der Waals surface area contributed by atoms with E-state index in [1.165, 1.54) is 22.9 Å². The number of amides is 2. The van der Waals surface area contributed by atoms with Crippen molar-refractivity contribution in [2.24, 2.45) is 5.73 Å². The average Bonchev–Trinajstić information content (AvgIpc) is 2.46. The zero-order chi connectivity index (χ0) is 14.5. The summed E-state index contributed by atoms with van der Waals surface area (Å²) in [5.41, 5.74) is 5.16. The number of morpholine rings is 1. The predicted octanol–water partition coefficient (Wildman–Crippen LogP) is -0.804. The molecule has 0 atom stereocenters. The van der Waals surface area contributed by atoms with Gasteiger partial charge in [0, 0.05) is 38.3 Å². The van der Waals surface area contributed by atoms with E-state index < -0.39 is 5.91 Å². The van der Waals surface area contributed by atoms with Crippen LogP contribution in [0.5, 0.6) is 0 Å². The largest absolute Gasteiger partial charge is 0.378 e. The molecule has 108 valence electrons. The van der Waals surface area contributed by atoms with E-state index in [0.717, 1.165) is 0 Å². The lowest BCUT2D eigenvalue weighted by Gasteiger charge is -2.26. The van der Waals surface area contributed by atoms with Crippen molar-refractivity contribution in [3.63, 3.8) is 0 Å². The van der Waals surface area contributed by atoms with Crippen LogP contribution in [0.3, 0.4) is 0 Å². The van der Waals surface area contributed by atoms with E-state index in [9.17, 15) is 14.4 Å². The minimum atomic E-state index is -0.599. The van der Waals surface area contributed by atoms with Crippen LogP contribution < -0.4 is 11.3 Å². The van der Waals surface area contributed by atoms with Crippen molar-refractivity contribution in [2.75, 3.05) is 26.3 Å². The van der Waals surface area contributed by atoms with Crippen molar-refractivity contribution in [2.45, 2.75) is 13.0 Å². The molecular formula is C13H17N3O4. The summed E-state index contributed by atoms with van der Waals surface area (Å²) >= 11 is 0.